The van der Waals surface area contributed by atoms with E-state index in [-0.39, 0.29) is 11.8 Å². The van der Waals surface area contributed by atoms with Gasteiger partial charge < -0.3 is 10.3 Å². The van der Waals surface area contributed by atoms with Gasteiger partial charge >= 0.3 is 0 Å². The van der Waals surface area contributed by atoms with Crippen molar-refractivity contribution in [3.05, 3.63) is 67.4 Å². The number of amides is 1. The Morgan fingerprint density at radius 2 is 1.82 bits per heavy atom. The highest BCUT2D eigenvalue weighted by Gasteiger charge is 2.23. The van der Waals surface area contributed by atoms with Gasteiger partial charge in [-0.05, 0) is 43.2 Å². The van der Waals surface area contributed by atoms with Crippen LogP contribution in [0.5, 0.6) is 0 Å². The molecule has 10 heteroatoms. The molecule has 1 saturated carbocycles. The van der Waals surface area contributed by atoms with Crippen LogP contribution >= 0.6 is 0 Å². The molecule has 6 aromatic rings. The Bertz CT molecular complexity index is 1780. The lowest BCUT2D eigenvalue weighted by Gasteiger charge is -2.11. The summed E-state index contributed by atoms with van der Waals surface area (Å²) in [5.41, 5.74) is 6.69. The summed E-state index contributed by atoms with van der Waals surface area (Å²) in [5.74, 6) is 0.755. The minimum atomic E-state index is 0.0663. The Balaban J connectivity index is 1.25. The van der Waals surface area contributed by atoms with Gasteiger partial charge in [-0.1, -0.05) is 18.9 Å². The quantitative estimate of drug-likeness (QED) is 0.297. The molecule has 7 rings (SSSR count). The molecule has 3 N–H and O–H groups in total. The molecule has 0 spiro atoms. The van der Waals surface area contributed by atoms with Crippen LogP contribution in [0, 0.1) is 5.92 Å². The Kier molecular flexibility index (Phi) is 5.35. The first-order valence-corrected chi connectivity index (χ1v) is 12.6. The lowest BCUT2D eigenvalue weighted by molar-refractivity contribution is -0.119. The number of nitrogens with one attached hydrogen (secondary N) is 3. The smallest absolute Gasteiger partial charge is 0.227 e. The van der Waals surface area contributed by atoms with Gasteiger partial charge in [0.25, 0.3) is 0 Å². The van der Waals surface area contributed by atoms with Crippen LogP contribution < -0.4 is 5.32 Å². The number of carbonyl (C=O) groups is 1. The zero-order chi connectivity index (χ0) is 25.5. The maximum atomic E-state index is 12.6. The van der Waals surface area contributed by atoms with Crippen molar-refractivity contribution >= 4 is 33.7 Å². The third kappa shape index (κ3) is 3.96. The minimum Gasteiger partial charge on any atom is -0.336 e. The Labute approximate surface area is 217 Å². The third-order valence-corrected chi connectivity index (χ3v) is 7.01. The molecule has 0 aliphatic heterocycles. The number of carbonyl (C=O) groups excluding carboxylic acids is 1. The molecule has 0 atom stereocenters. The maximum Gasteiger partial charge on any atom is 0.227 e. The van der Waals surface area contributed by atoms with Crippen molar-refractivity contribution in [2.45, 2.75) is 25.7 Å². The Morgan fingerprint density at radius 1 is 0.921 bits per heavy atom. The highest BCUT2D eigenvalue weighted by atomic mass is 16.1. The molecule has 38 heavy (non-hydrogen) atoms. The fraction of sp³-hybridized carbons (Fsp3) is 0.179. The van der Waals surface area contributed by atoms with Gasteiger partial charge in [0.15, 0.2) is 11.5 Å². The molecule has 6 aromatic heterocycles. The van der Waals surface area contributed by atoms with E-state index in [1.807, 2.05) is 36.4 Å². The molecule has 1 aliphatic rings. The first-order valence-electron chi connectivity index (χ1n) is 12.6. The number of aromatic nitrogens is 8. The van der Waals surface area contributed by atoms with E-state index in [4.69, 9.17) is 4.98 Å². The largest absolute Gasteiger partial charge is 0.336 e. The standard InChI is InChI=1S/C28H23N9O/c38-28(16-5-1-2-6-16)33-19-11-17(13-29-15-19)18-12-20-23(36-37-26(20)32-14-18)27-34-22-8-10-31-24(25(22)35-27)21-7-3-4-9-30-21/h3-4,7-16H,1-2,5-6H2,(H,33,38)(H,34,35)(H,32,36,37). The van der Waals surface area contributed by atoms with Crippen molar-refractivity contribution in [1.29, 1.82) is 0 Å². The summed E-state index contributed by atoms with van der Waals surface area (Å²) in [6.07, 6.45) is 12.8. The van der Waals surface area contributed by atoms with Gasteiger partial charge in [0.1, 0.15) is 16.9 Å². The number of hydrogen-bond donors (Lipinski definition) is 3. The van der Waals surface area contributed by atoms with Crippen molar-refractivity contribution in [1.82, 2.24) is 40.1 Å². The number of aromatic amines is 2. The third-order valence-electron chi connectivity index (χ3n) is 7.01. The predicted molar refractivity (Wildman–Crippen MR) is 144 cm³/mol. The van der Waals surface area contributed by atoms with Gasteiger partial charge in [-0.25, -0.2) is 9.97 Å². The first kappa shape index (κ1) is 22.2. The fourth-order valence-corrected chi connectivity index (χ4v) is 5.08. The van der Waals surface area contributed by atoms with Crippen LogP contribution in [0.1, 0.15) is 25.7 Å². The van der Waals surface area contributed by atoms with Crippen LogP contribution in [0.2, 0.25) is 0 Å². The molecule has 1 aliphatic carbocycles. The molecule has 0 unspecified atom stereocenters. The average molecular weight is 502 g/mol. The second kappa shape index (κ2) is 9.15. The lowest BCUT2D eigenvalue weighted by atomic mass is 10.1. The van der Waals surface area contributed by atoms with Gasteiger partial charge in [0, 0.05) is 41.8 Å². The van der Waals surface area contributed by atoms with Gasteiger partial charge in [0.2, 0.25) is 5.91 Å². The molecule has 1 amide bonds. The summed E-state index contributed by atoms with van der Waals surface area (Å²) < 4.78 is 0. The summed E-state index contributed by atoms with van der Waals surface area (Å²) in [6, 6.07) is 11.5. The van der Waals surface area contributed by atoms with Gasteiger partial charge in [-0.15, -0.1) is 0 Å². The second-order valence-corrected chi connectivity index (χ2v) is 9.48. The highest BCUT2D eigenvalue weighted by Crippen LogP contribution is 2.32. The first-order chi connectivity index (χ1) is 18.7. The van der Waals surface area contributed by atoms with Crippen LogP contribution in [-0.4, -0.2) is 46.0 Å². The topological polar surface area (TPSA) is 138 Å². The van der Waals surface area contributed by atoms with Gasteiger partial charge in [0.05, 0.1) is 28.5 Å². The average Bonchev–Trinajstić information content (AvgIpc) is 3.73. The van der Waals surface area contributed by atoms with E-state index < -0.39 is 0 Å². The number of fused-ring (bicyclic) bond motifs is 2. The van der Waals surface area contributed by atoms with Crippen molar-refractivity contribution in [3.8, 4) is 34.0 Å². The van der Waals surface area contributed by atoms with E-state index >= 15 is 0 Å². The highest BCUT2D eigenvalue weighted by molar-refractivity contribution is 5.96. The maximum absolute atomic E-state index is 12.6. The van der Waals surface area contributed by atoms with Crippen LogP contribution in [0.25, 0.3) is 56.1 Å². The monoisotopic (exact) mass is 501 g/mol. The minimum absolute atomic E-state index is 0.0663. The molecule has 0 radical (unpaired) electrons. The second-order valence-electron chi connectivity index (χ2n) is 9.48. The number of hydrogen-bond acceptors (Lipinski definition) is 7. The van der Waals surface area contributed by atoms with Crippen LogP contribution in [0.15, 0.2) is 67.4 Å². The fourth-order valence-electron chi connectivity index (χ4n) is 5.08. The number of pyridine rings is 4. The SMILES string of the molecule is O=C(Nc1cncc(-c2cnc3[nH]nc(-c4nc5c(-c6ccccn6)nccc5[nH]4)c3c2)c1)C1CCCC1. The summed E-state index contributed by atoms with van der Waals surface area (Å²) in [4.78, 5) is 38.7. The van der Waals surface area contributed by atoms with E-state index in [0.29, 0.717) is 28.5 Å². The van der Waals surface area contributed by atoms with Crippen LogP contribution in [-0.2, 0) is 4.79 Å². The molecule has 0 aromatic carbocycles. The molecule has 1 fully saturated rings. The lowest BCUT2D eigenvalue weighted by Crippen LogP contribution is -2.20. The Hall–Kier alpha value is -4.99. The van der Waals surface area contributed by atoms with E-state index in [1.165, 1.54) is 0 Å². The number of anilines is 1. The molecule has 186 valence electrons. The molecule has 6 heterocycles. The summed E-state index contributed by atoms with van der Waals surface area (Å²) >= 11 is 0. The summed E-state index contributed by atoms with van der Waals surface area (Å²) in [7, 11) is 0. The van der Waals surface area contributed by atoms with Crippen molar-refractivity contribution in [2.75, 3.05) is 5.32 Å². The summed E-state index contributed by atoms with van der Waals surface area (Å²) in [5, 5.41) is 11.4. The van der Waals surface area contributed by atoms with Crippen molar-refractivity contribution < 1.29 is 4.79 Å². The van der Waals surface area contributed by atoms with Crippen molar-refractivity contribution in [3.63, 3.8) is 0 Å². The van der Waals surface area contributed by atoms with E-state index in [2.05, 4.69) is 40.4 Å². The number of nitrogens with zero attached hydrogens (tertiary/aromatic N) is 6. The zero-order valence-corrected chi connectivity index (χ0v) is 20.3. The molecular weight excluding hydrogens is 478 g/mol. The normalized spacial score (nSPS) is 13.9. The number of imidazole rings is 1. The van der Waals surface area contributed by atoms with Gasteiger partial charge in [-0.2, -0.15) is 5.10 Å². The predicted octanol–water partition coefficient (Wildman–Crippen LogP) is 5.15. The van der Waals surface area contributed by atoms with E-state index in [1.54, 1.807) is 31.0 Å². The van der Waals surface area contributed by atoms with E-state index in [0.717, 1.165) is 58.9 Å². The molecule has 10 nitrogen and oxygen atoms in total. The molecule has 0 saturated heterocycles. The Morgan fingerprint density at radius 3 is 2.68 bits per heavy atom. The molecule has 0 bridgehead atoms. The number of H-pyrrole nitrogens is 2. The molecular formula is C28H23N9O. The number of rotatable bonds is 5. The van der Waals surface area contributed by atoms with Crippen LogP contribution in [0.4, 0.5) is 5.69 Å². The van der Waals surface area contributed by atoms with E-state index in [9.17, 15) is 4.79 Å². The van der Waals surface area contributed by atoms with Crippen LogP contribution in [0.3, 0.4) is 0 Å². The zero-order valence-electron chi connectivity index (χ0n) is 20.3. The summed E-state index contributed by atoms with van der Waals surface area (Å²) in [6.45, 7) is 0. The van der Waals surface area contributed by atoms with Crippen molar-refractivity contribution in [2.24, 2.45) is 5.92 Å². The van der Waals surface area contributed by atoms with Gasteiger partial charge in [-0.3, -0.25) is 24.8 Å².